The van der Waals surface area contributed by atoms with Crippen molar-refractivity contribution in [3.05, 3.63) is 0 Å². The lowest BCUT2D eigenvalue weighted by atomic mass is 10.2. The number of hydrogen-bond acceptors (Lipinski definition) is 2. The molecule has 0 aromatic rings. The van der Waals surface area contributed by atoms with Crippen molar-refractivity contribution in [2.75, 3.05) is 6.61 Å². The summed E-state index contributed by atoms with van der Waals surface area (Å²) in [6, 6.07) is 0. The Labute approximate surface area is 74.6 Å². The van der Waals surface area contributed by atoms with Crippen molar-refractivity contribution < 1.29 is 8.53 Å². The quantitative estimate of drug-likeness (QED) is 0.470. The molecule has 11 heavy (non-hydrogen) atoms. The van der Waals surface area contributed by atoms with E-state index in [4.69, 9.17) is 8.53 Å². The Balaban J connectivity index is 3.29. The average Bonchev–Trinajstić information content (AvgIpc) is 1.82. The van der Waals surface area contributed by atoms with Gasteiger partial charge in [-0.25, -0.2) is 0 Å². The average molecular weight is 174 g/mol. The lowest BCUT2D eigenvalue weighted by molar-refractivity contribution is -0.0773. The second-order valence-corrected chi connectivity index (χ2v) is 5.85. The number of ether oxygens (including phenoxy) is 1. The van der Waals surface area contributed by atoms with E-state index in [9.17, 15) is 0 Å². The van der Waals surface area contributed by atoms with Crippen molar-refractivity contribution >= 4 is 14.5 Å². The molecule has 0 saturated heterocycles. The Morgan fingerprint density at radius 2 is 1.73 bits per heavy atom. The van der Waals surface area contributed by atoms with Crippen LogP contribution in [0.25, 0.3) is 0 Å². The van der Waals surface area contributed by atoms with Gasteiger partial charge in [-0.05, 0) is 12.8 Å². The monoisotopic (exact) mass is 174 g/mol. The summed E-state index contributed by atoms with van der Waals surface area (Å²) in [7, 11) is 0. The van der Waals surface area contributed by atoms with Crippen molar-refractivity contribution in [1.29, 1.82) is 0 Å². The molecule has 0 amide bonds. The molecule has 0 rings (SSSR count). The van der Waals surface area contributed by atoms with Crippen LogP contribution in [0.3, 0.4) is 0 Å². The topological polar surface area (TPSA) is 18.5 Å². The molecule has 0 heterocycles. The molecule has 0 aliphatic rings. The van der Waals surface area contributed by atoms with Gasteiger partial charge in [-0.15, -0.1) is 0 Å². The third-order valence-corrected chi connectivity index (χ3v) is 2.06. The van der Waals surface area contributed by atoms with Crippen molar-refractivity contribution in [3.63, 3.8) is 0 Å². The number of rotatable bonds is 5. The van der Waals surface area contributed by atoms with E-state index in [-0.39, 0.29) is 6.29 Å². The van der Waals surface area contributed by atoms with E-state index in [2.05, 4.69) is 25.4 Å². The summed E-state index contributed by atoms with van der Waals surface area (Å²) in [5, 5.41) is 0. The van der Waals surface area contributed by atoms with Crippen LogP contribution >= 0.6 is 0 Å². The maximum absolute atomic E-state index is 5.52. The predicted molar refractivity (Wildman–Crippen MR) is 48.8 cm³/mol. The summed E-state index contributed by atoms with van der Waals surface area (Å²) < 4.78 is 10.9. The molecule has 0 fully saturated rings. The second-order valence-electron chi connectivity index (χ2n) is 3.48. The van der Waals surface area contributed by atoms with Gasteiger partial charge in [0.2, 0.25) is 0 Å². The van der Waals surface area contributed by atoms with Crippen LogP contribution in [0.4, 0.5) is 0 Å². The molecule has 1 atom stereocenters. The molecule has 0 saturated carbocycles. The lowest BCUT2D eigenvalue weighted by Crippen LogP contribution is -2.22. The Bertz CT molecular complexity index is 94.1. The molecule has 0 aliphatic heterocycles. The molecule has 0 aromatic heterocycles. The maximum Gasteiger partial charge on any atom is 0.455 e. The van der Waals surface area contributed by atoms with Crippen LogP contribution in [-0.4, -0.2) is 27.4 Å². The first-order valence-electron chi connectivity index (χ1n) is 4.29. The van der Waals surface area contributed by atoms with Gasteiger partial charge in [0.15, 0.2) is 0 Å². The normalized spacial score (nSPS) is 13.6. The van der Waals surface area contributed by atoms with Crippen LogP contribution in [0.15, 0.2) is 0 Å². The Morgan fingerprint density at radius 3 is 2.09 bits per heavy atom. The Hall–Kier alpha value is 0.452. The van der Waals surface area contributed by atoms with Gasteiger partial charge in [0.05, 0.1) is 6.61 Å². The van der Waals surface area contributed by atoms with Crippen molar-refractivity contribution in [3.8, 4) is 0 Å². The van der Waals surface area contributed by atoms with Crippen LogP contribution in [0, 0.1) is 5.92 Å². The van der Waals surface area contributed by atoms with Gasteiger partial charge < -0.3 is 8.53 Å². The Kier molecular flexibility index (Phi) is 6.27. The van der Waals surface area contributed by atoms with Gasteiger partial charge in [-0.2, -0.15) is 0 Å². The predicted octanol–water partition coefficient (Wildman–Crippen LogP) is 2.27. The summed E-state index contributed by atoms with van der Waals surface area (Å²) >= 11 is -0.916. The van der Waals surface area contributed by atoms with Gasteiger partial charge in [-0.3, -0.25) is 0 Å². The van der Waals surface area contributed by atoms with E-state index >= 15 is 0 Å². The fraction of sp³-hybridized carbons (Fsp3) is 1.00. The third-order valence-electron chi connectivity index (χ3n) is 1.13. The summed E-state index contributed by atoms with van der Waals surface area (Å²) in [6.45, 7) is 7.04. The summed E-state index contributed by atoms with van der Waals surface area (Å²) in [5.41, 5.74) is 0. The van der Waals surface area contributed by atoms with Gasteiger partial charge in [0.25, 0.3) is 0 Å². The zero-order chi connectivity index (χ0) is 8.85. The first kappa shape index (κ1) is 11.5. The molecule has 2 nitrogen and oxygen atoms in total. The minimum Gasteiger partial charge on any atom is -0.478 e. The van der Waals surface area contributed by atoms with Gasteiger partial charge in [-0.1, -0.05) is 25.4 Å². The summed E-state index contributed by atoms with van der Waals surface area (Å²) in [6.07, 6.45) is -0.0101. The highest BCUT2D eigenvalue weighted by atomic mass is 27.2. The fourth-order valence-corrected chi connectivity index (χ4v) is 1.60. The molecule has 0 radical (unpaired) electrons. The molecule has 1 unspecified atom stereocenters. The minimum absolute atomic E-state index is 0.0101. The van der Waals surface area contributed by atoms with Crippen molar-refractivity contribution in [2.24, 2.45) is 5.92 Å². The molecule has 0 N–H and O–H groups in total. The zero-order valence-electron chi connectivity index (χ0n) is 8.26. The van der Waals surface area contributed by atoms with Gasteiger partial charge in [0, 0.05) is 0 Å². The number of hydrogen-bond donors (Lipinski definition) is 0. The summed E-state index contributed by atoms with van der Waals surface area (Å²) in [4.78, 5) is 0. The SMILES string of the molecule is CC(C)COC(C)[O][Al]([CH3])[CH3]. The minimum atomic E-state index is -0.916. The van der Waals surface area contributed by atoms with Crippen LogP contribution < -0.4 is 0 Å². The third kappa shape index (κ3) is 8.36. The molecule has 0 bridgehead atoms. The smallest absolute Gasteiger partial charge is 0.455 e. The zero-order valence-corrected chi connectivity index (χ0v) is 9.41. The molecule has 0 spiro atoms. The van der Waals surface area contributed by atoms with Crippen LogP contribution in [-0.2, 0) is 8.53 Å². The maximum atomic E-state index is 5.52. The second kappa shape index (κ2) is 6.02. The lowest BCUT2D eigenvalue weighted by Gasteiger charge is -2.17. The van der Waals surface area contributed by atoms with E-state index < -0.39 is 14.5 Å². The molecule has 3 heteroatoms. The van der Waals surface area contributed by atoms with Gasteiger partial charge >= 0.3 is 14.5 Å². The highest BCUT2D eigenvalue weighted by Crippen LogP contribution is 2.00. The van der Waals surface area contributed by atoms with E-state index in [1.165, 1.54) is 0 Å². The van der Waals surface area contributed by atoms with Crippen molar-refractivity contribution in [2.45, 2.75) is 38.6 Å². The van der Waals surface area contributed by atoms with E-state index in [1.54, 1.807) is 0 Å². The standard InChI is InChI=1S/C6H13O2.2CH3.Al/c1-5(2)4-8-6(3)7;;;/h5-6H,4H2,1-3H3;2*1H3;/q-1;;;+1. The Morgan fingerprint density at radius 1 is 1.18 bits per heavy atom. The highest BCUT2D eigenvalue weighted by Gasteiger charge is 2.09. The molecule has 0 aliphatic carbocycles. The molecule has 66 valence electrons. The molecular formula is C8H19AlO2. The van der Waals surface area contributed by atoms with Crippen molar-refractivity contribution in [1.82, 2.24) is 0 Å². The fourth-order valence-electron chi connectivity index (χ4n) is 0.751. The molecular weight excluding hydrogens is 155 g/mol. The first-order chi connectivity index (χ1) is 5.02. The van der Waals surface area contributed by atoms with E-state index in [0.717, 1.165) is 6.61 Å². The molecule has 0 aromatic carbocycles. The van der Waals surface area contributed by atoms with E-state index in [1.807, 2.05) is 6.92 Å². The largest absolute Gasteiger partial charge is 0.478 e. The summed E-state index contributed by atoms with van der Waals surface area (Å²) in [5.74, 6) is 4.89. The van der Waals surface area contributed by atoms with Crippen LogP contribution in [0.5, 0.6) is 0 Å². The van der Waals surface area contributed by atoms with Crippen LogP contribution in [0.1, 0.15) is 20.8 Å². The van der Waals surface area contributed by atoms with Gasteiger partial charge in [0.1, 0.15) is 6.29 Å². The first-order valence-corrected chi connectivity index (χ1v) is 7.07. The highest BCUT2D eigenvalue weighted by molar-refractivity contribution is 6.48. The van der Waals surface area contributed by atoms with Crippen LogP contribution in [0.2, 0.25) is 11.6 Å². The van der Waals surface area contributed by atoms with E-state index in [0.29, 0.717) is 5.92 Å².